The molecule has 34 heavy (non-hydrogen) atoms. The van der Waals surface area contributed by atoms with E-state index in [0.717, 1.165) is 4.57 Å². The Labute approximate surface area is 192 Å². The predicted octanol–water partition coefficient (Wildman–Crippen LogP) is -0.827. The summed E-state index contributed by atoms with van der Waals surface area (Å²) in [5, 5.41) is 0. The Morgan fingerprint density at radius 1 is 1.18 bits per heavy atom. The fourth-order valence-corrected chi connectivity index (χ4v) is 5.67. The fraction of sp³-hybridized carbons (Fsp3) is 0.571. The minimum Gasteiger partial charge on any atom is -0.382 e. The van der Waals surface area contributed by atoms with Crippen molar-refractivity contribution in [2.75, 3.05) is 32.1 Å². The topological polar surface area (TPSA) is 265 Å². The molecule has 17 nitrogen and oxygen atoms in total. The summed E-state index contributed by atoms with van der Waals surface area (Å²) in [7, 11) is -16.4. The van der Waals surface area contributed by atoms with E-state index in [1.165, 1.54) is 6.20 Å². The Morgan fingerprint density at radius 3 is 2.53 bits per heavy atom. The van der Waals surface area contributed by atoms with Crippen LogP contribution in [0.3, 0.4) is 0 Å². The maximum Gasteiger partial charge on any atom is 0.490 e. The molecule has 192 valence electrons. The van der Waals surface area contributed by atoms with Gasteiger partial charge in [-0.3, -0.25) is 9.09 Å². The normalized spacial score (nSPS) is 21.9. The molecule has 0 aromatic carbocycles. The molecule has 1 aromatic heterocycles. The van der Waals surface area contributed by atoms with Crippen molar-refractivity contribution in [3.8, 4) is 11.8 Å². The lowest BCUT2D eigenvalue weighted by atomic mass is 10.2. The number of phosphoric ester groups is 1. The number of anilines is 1. The molecule has 2 rings (SSSR count). The van der Waals surface area contributed by atoms with Gasteiger partial charge in [0.25, 0.3) is 0 Å². The van der Waals surface area contributed by atoms with E-state index in [2.05, 4.69) is 30.0 Å². The molecule has 1 saturated heterocycles. The molecule has 1 aliphatic heterocycles. The molecular formula is C14H23N4O13P3. The van der Waals surface area contributed by atoms with Gasteiger partial charge in [0.15, 0.2) is 0 Å². The van der Waals surface area contributed by atoms with Crippen LogP contribution in [0, 0.1) is 11.8 Å². The number of hydrogen-bond acceptors (Lipinski definition) is 12. The minimum atomic E-state index is -5.63. The van der Waals surface area contributed by atoms with Crippen LogP contribution in [0.5, 0.6) is 0 Å². The van der Waals surface area contributed by atoms with E-state index in [-0.39, 0.29) is 30.8 Å². The van der Waals surface area contributed by atoms with E-state index >= 15 is 0 Å². The first-order chi connectivity index (χ1) is 15.7. The largest absolute Gasteiger partial charge is 0.490 e. The van der Waals surface area contributed by atoms with Gasteiger partial charge in [-0.05, 0) is 12.8 Å². The number of rotatable bonds is 11. The van der Waals surface area contributed by atoms with Crippen molar-refractivity contribution in [2.45, 2.75) is 25.2 Å². The summed E-state index contributed by atoms with van der Waals surface area (Å²) in [6.45, 7) is 0.0962. The Hall–Kier alpha value is -1.47. The second kappa shape index (κ2) is 12.0. The van der Waals surface area contributed by atoms with Crippen molar-refractivity contribution < 1.29 is 55.9 Å². The third kappa shape index (κ3) is 9.65. The van der Waals surface area contributed by atoms with Gasteiger partial charge < -0.3 is 40.5 Å². The minimum absolute atomic E-state index is 0.0817. The molecule has 0 aliphatic carbocycles. The van der Waals surface area contributed by atoms with Crippen molar-refractivity contribution in [2.24, 2.45) is 5.73 Å². The van der Waals surface area contributed by atoms with Crippen LogP contribution in [0.4, 0.5) is 5.82 Å². The van der Waals surface area contributed by atoms with Gasteiger partial charge in [0.2, 0.25) is 0 Å². The number of ether oxygens (including phenoxy) is 2. The second-order valence-corrected chi connectivity index (χ2v) is 11.0. The van der Waals surface area contributed by atoms with Crippen LogP contribution >= 0.6 is 23.5 Å². The predicted molar refractivity (Wildman–Crippen MR) is 113 cm³/mol. The fourth-order valence-electron chi connectivity index (χ4n) is 2.62. The van der Waals surface area contributed by atoms with Crippen molar-refractivity contribution in [1.82, 2.24) is 9.55 Å². The monoisotopic (exact) mass is 548 g/mol. The average molecular weight is 548 g/mol. The Morgan fingerprint density at radius 2 is 1.88 bits per heavy atom. The molecule has 20 heteroatoms. The van der Waals surface area contributed by atoms with E-state index < -0.39 is 48.1 Å². The molecule has 1 aromatic rings. The van der Waals surface area contributed by atoms with E-state index in [1.807, 2.05) is 0 Å². The van der Waals surface area contributed by atoms with E-state index in [0.29, 0.717) is 13.2 Å². The Balaban J connectivity index is 1.99. The zero-order chi connectivity index (χ0) is 25.6. The van der Waals surface area contributed by atoms with Crippen LogP contribution < -0.4 is 17.2 Å². The summed E-state index contributed by atoms with van der Waals surface area (Å²) in [6.07, 6.45) is 0.0894. The molecule has 1 aliphatic rings. The van der Waals surface area contributed by atoms with Crippen molar-refractivity contribution in [3.63, 3.8) is 0 Å². The summed E-state index contributed by atoms with van der Waals surface area (Å²) >= 11 is 0. The summed E-state index contributed by atoms with van der Waals surface area (Å²) in [6, 6.07) is 0. The van der Waals surface area contributed by atoms with Gasteiger partial charge in [-0.15, -0.1) is 0 Å². The Bertz CT molecular complexity index is 1130. The SMILES string of the molecule is NCCOCC#Cc1cn([C@H]2CC[C@@H](COP(=O)(O)OP(=O)(O)OP(=O)(O)O)O2)c(=O)nc1N. The van der Waals surface area contributed by atoms with Crippen molar-refractivity contribution in [1.29, 1.82) is 0 Å². The highest BCUT2D eigenvalue weighted by molar-refractivity contribution is 7.66. The van der Waals surface area contributed by atoms with Crippen molar-refractivity contribution >= 4 is 29.3 Å². The highest BCUT2D eigenvalue weighted by atomic mass is 31.3. The molecule has 2 heterocycles. The van der Waals surface area contributed by atoms with E-state index in [4.69, 9.17) is 35.6 Å². The van der Waals surface area contributed by atoms with E-state index in [1.54, 1.807) is 0 Å². The molecule has 2 unspecified atom stereocenters. The maximum atomic E-state index is 12.2. The molecule has 0 spiro atoms. The first kappa shape index (κ1) is 28.8. The number of nitrogen functional groups attached to an aromatic ring is 1. The number of aromatic nitrogens is 2. The van der Waals surface area contributed by atoms with Gasteiger partial charge in [0.05, 0.1) is 24.9 Å². The number of hydrogen-bond donors (Lipinski definition) is 6. The number of nitrogens with two attached hydrogens (primary N) is 2. The molecule has 4 atom stereocenters. The van der Waals surface area contributed by atoms with Gasteiger partial charge in [-0.1, -0.05) is 11.8 Å². The number of nitrogens with zero attached hydrogens (tertiary/aromatic N) is 2. The highest BCUT2D eigenvalue weighted by Crippen LogP contribution is 2.66. The van der Waals surface area contributed by atoms with Crippen LogP contribution in [0.1, 0.15) is 24.6 Å². The summed E-state index contributed by atoms with van der Waals surface area (Å²) in [5.74, 6) is 5.30. The van der Waals surface area contributed by atoms with Crippen LogP contribution in [-0.4, -0.2) is 61.6 Å². The average Bonchev–Trinajstić information content (AvgIpc) is 3.14. The third-order valence-corrected chi connectivity index (χ3v) is 7.68. The quantitative estimate of drug-likeness (QED) is 0.112. The first-order valence-electron chi connectivity index (χ1n) is 9.30. The van der Waals surface area contributed by atoms with Crippen LogP contribution in [0.2, 0.25) is 0 Å². The standard InChI is InChI=1S/C14H23N4O13P3/c15-5-7-27-6-1-2-10-8-18(14(19)17-13(10)16)12-4-3-11(29-12)9-28-33(23,24)31-34(25,26)30-32(20,21)22/h8,11-12H,3-7,9,15H2,(H,23,24)(H,25,26)(H2,16,17,19)(H2,20,21,22)/t11-,12+/m0/s1. The van der Waals surface area contributed by atoms with Gasteiger partial charge in [-0.25, -0.2) is 18.5 Å². The van der Waals surface area contributed by atoms with Crippen LogP contribution in [0.15, 0.2) is 11.0 Å². The van der Waals surface area contributed by atoms with Gasteiger partial charge >= 0.3 is 29.2 Å². The molecule has 0 amide bonds. The van der Waals surface area contributed by atoms with Gasteiger partial charge in [0.1, 0.15) is 18.7 Å². The molecule has 8 N–H and O–H groups in total. The zero-order valence-corrected chi connectivity index (χ0v) is 20.0. The highest BCUT2D eigenvalue weighted by Gasteiger charge is 2.41. The summed E-state index contributed by atoms with van der Waals surface area (Å²) in [5.41, 5.74) is 10.5. The lowest BCUT2D eigenvalue weighted by Crippen LogP contribution is -2.29. The second-order valence-electron chi connectivity index (χ2n) is 6.55. The van der Waals surface area contributed by atoms with Gasteiger partial charge in [-0.2, -0.15) is 13.6 Å². The molecular weight excluding hydrogens is 525 g/mol. The molecule has 0 bridgehead atoms. The maximum absolute atomic E-state index is 12.2. The first-order valence-corrected chi connectivity index (χ1v) is 13.8. The third-order valence-electron chi connectivity index (χ3n) is 3.88. The van der Waals surface area contributed by atoms with Crippen LogP contribution in [0.25, 0.3) is 0 Å². The van der Waals surface area contributed by atoms with Gasteiger partial charge in [0, 0.05) is 12.7 Å². The molecule has 1 fully saturated rings. The van der Waals surface area contributed by atoms with Crippen molar-refractivity contribution in [3.05, 3.63) is 22.2 Å². The smallest absolute Gasteiger partial charge is 0.382 e. The number of phosphoric acid groups is 3. The van der Waals surface area contributed by atoms with Crippen LogP contribution in [-0.2, 0) is 36.3 Å². The molecule has 0 radical (unpaired) electrons. The lowest BCUT2D eigenvalue weighted by molar-refractivity contribution is -0.0242. The zero-order valence-electron chi connectivity index (χ0n) is 17.3. The molecule has 0 saturated carbocycles. The lowest BCUT2D eigenvalue weighted by Gasteiger charge is -2.19. The summed E-state index contributed by atoms with van der Waals surface area (Å²) in [4.78, 5) is 51.6. The summed E-state index contributed by atoms with van der Waals surface area (Å²) < 4.78 is 57.4. The van der Waals surface area contributed by atoms with E-state index in [9.17, 15) is 23.4 Å². The Kier molecular flexibility index (Phi) is 10.1.